The average molecular weight is 423 g/mol. The quantitative estimate of drug-likeness (QED) is 0.627. The van der Waals surface area contributed by atoms with Gasteiger partial charge in [0.15, 0.2) is 0 Å². The molecule has 2 aliphatic rings. The molecule has 0 amide bonds. The molecule has 14 heteroatoms. The maximum Gasteiger partial charge on any atom is 0.449 e. The van der Waals surface area contributed by atoms with Crippen molar-refractivity contribution in [3.63, 3.8) is 0 Å². The summed E-state index contributed by atoms with van der Waals surface area (Å²) in [5.74, 6) is -8.21. The zero-order valence-corrected chi connectivity index (χ0v) is 14.5. The van der Waals surface area contributed by atoms with Gasteiger partial charge in [-0.15, -0.1) is 0 Å². The topological polar surface area (TPSA) is 63.8 Å². The molecule has 5 nitrogen and oxygen atoms in total. The van der Waals surface area contributed by atoms with Gasteiger partial charge in [0, 0.05) is 11.7 Å². The van der Waals surface area contributed by atoms with E-state index in [-0.39, 0.29) is 0 Å². The van der Waals surface area contributed by atoms with Gasteiger partial charge in [0.2, 0.25) is 11.7 Å². The van der Waals surface area contributed by atoms with E-state index in [0.717, 1.165) is 16.4 Å². The van der Waals surface area contributed by atoms with Crippen molar-refractivity contribution in [3.8, 4) is 0 Å². The van der Waals surface area contributed by atoms with Crippen LogP contribution in [0.1, 0.15) is 20.8 Å². The Labute approximate surface area is 152 Å². The van der Waals surface area contributed by atoms with Crippen LogP contribution in [0.5, 0.6) is 0 Å². The van der Waals surface area contributed by atoms with Gasteiger partial charge in [0.1, 0.15) is 5.84 Å². The summed E-state index contributed by atoms with van der Waals surface area (Å²) in [5, 5.41) is 8.73. The number of nitrogens with one attached hydrogen (secondary N) is 2. The highest BCUT2D eigenvalue weighted by Crippen LogP contribution is 2.47. The summed E-state index contributed by atoms with van der Waals surface area (Å²) < 4.78 is 120. The summed E-state index contributed by atoms with van der Waals surface area (Å²) >= 11 is 0. The van der Waals surface area contributed by atoms with Crippen molar-refractivity contribution in [1.29, 1.82) is 5.41 Å². The van der Waals surface area contributed by atoms with Crippen LogP contribution in [0.25, 0.3) is 0 Å². The molecule has 0 aliphatic carbocycles. The van der Waals surface area contributed by atoms with Crippen molar-refractivity contribution in [2.45, 2.75) is 50.5 Å². The van der Waals surface area contributed by atoms with Crippen molar-refractivity contribution in [2.24, 2.45) is 15.9 Å². The van der Waals surface area contributed by atoms with Crippen LogP contribution in [0.15, 0.2) is 22.3 Å². The van der Waals surface area contributed by atoms with E-state index in [1.807, 2.05) is 0 Å². The number of halogens is 9. The molecule has 2 aliphatic heterocycles. The van der Waals surface area contributed by atoms with E-state index in [1.165, 1.54) is 20.8 Å². The third-order valence-electron chi connectivity index (χ3n) is 3.89. The van der Waals surface area contributed by atoms with Crippen molar-refractivity contribution in [2.75, 3.05) is 0 Å². The van der Waals surface area contributed by atoms with Gasteiger partial charge >= 0.3 is 18.5 Å². The molecule has 0 fully saturated rings. The molecule has 2 heterocycles. The average Bonchev–Trinajstić information content (AvgIpc) is 2.85. The zero-order valence-electron chi connectivity index (χ0n) is 14.5. The van der Waals surface area contributed by atoms with Gasteiger partial charge < -0.3 is 10.2 Å². The van der Waals surface area contributed by atoms with E-state index in [1.54, 1.807) is 0 Å². The molecule has 2 N–H and O–H groups in total. The lowest BCUT2D eigenvalue weighted by atomic mass is 9.90. The van der Waals surface area contributed by atoms with Crippen molar-refractivity contribution in [1.82, 2.24) is 10.2 Å². The summed E-state index contributed by atoms with van der Waals surface area (Å²) in [5.41, 5.74) is -5.17. The van der Waals surface area contributed by atoms with Crippen LogP contribution in [-0.4, -0.2) is 52.1 Å². The first-order chi connectivity index (χ1) is 12.3. The van der Waals surface area contributed by atoms with Crippen molar-refractivity contribution < 1.29 is 39.5 Å². The minimum Gasteiger partial charge on any atom is -0.331 e. The molecule has 1 atom stereocenters. The molecule has 2 rings (SSSR count). The van der Waals surface area contributed by atoms with Gasteiger partial charge in [0.05, 0.1) is 5.92 Å². The maximum absolute atomic E-state index is 13.8. The van der Waals surface area contributed by atoms with Crippen LogP contribution in [0.3, 0.4) is 0 Å². The zero-order chi connectivity index (χ0) is 21.9. The summed E-state index contributed by atoms with van der Waals surface area (Å²) in [7, 11) is 0. The number of alkyl halides is 9. The number of hydrogen-bond acceptors (Lipinski definition) is 4. The van der Waals surface area contributed by atoms with Gasteiger partial charge in [-0.05, 0) is 20.8 Å². The number of rotatable bonds is 1. The molecule has 0 aromatic rings. The highest BCUT2D eigenvalue weighted by atomic mass is 19.4. The molecule has 0 aromatic heterocycles. The number of amidine groups is 3. The fourth-order valence-corrected chi connectivity index (χ4v) is 2.65. The van der Waals surface area contributed by atoms with Gasteiger partial charge in [0.25, 0.3) is 5.66 Å². The van der Waals surface area contributed by atoms with E-state index in [2.05, 4.69) is 9.98 Å². The Morgan fingerprint density at radius 1 is 0.929 bits per heavy atom. The summed E-state index contributed by atoms with van der Waals surface area (Å²) in [6.45, 7) is 4.48. The predicted octanol–water partition coefficient (Wildman–Crippen LogP) is 3.99. The second-order valence-electron chi connectivity index (χ2n) is 7.01. The first-order valence-corrected chi connectivity index (χ1v) is 7.54. The highest BCUT2D eigenvalue weighted by molar-refractivity contribution is 6.07. The molecular formula is C14H14F9N5. The van der Waals surface area contributed by atoms with Gasteiger partial charge in [-0.25, -0.2) is 9.98 Å². The van der Waals surface area contributed by atoms with Crippen LogP contribution >= 0.6 is 0 Å². The van der Waals surface area contributed by atoms with E-state index in [0.29, 0.717) is 6.08 Å². The van der Waals surface area contributed by atoms with Gasteiger partial charge in [-0.3, -0.25) is 5.41 Å². The molecule has 0 bridgehead atoms. The van der Waals surface area contributed by atoms with Crippen LogP contribution in [0.2, 0.25) is 0 Å². The minimum atomic E-state index is -5.77. The SMILES string of the molecule is CC(C)(C)N1C=CC(C2(C(F)(F)F)N=C(C(F)(F)F)NC(C(F)(F)F)=N2)C1=N. The molecule has 0 aromatic carbocycles. The number of hydrogen-bond donors (Lipinski definition) is 2. The minimum absolute atomic E-state index is 0.668. The summed E-state index contributed by atoms with van der Waals surface area (Å²) in [4.78, 5) is 6.02. The molecule has 0 saturated carbocycles. The molecule has 0 spiro atoms. The predicted molar refractivity (Wildman–Crippen MR) is 80.9 cm³/mol. The fraction of sp³-hybridized carbons (Fsp3) is 0.643. The van der Waals surface area contributed by atoms with E-state index < -0.39 is 53.2 Å². The molecular weight excluding hydrogens is 409 g/mol. The molecule has 158 valence electrons. The van der Waals surface area contributed by atoms with E-state index >= 15 is 0 Å². The lowest BCUT2D eigenvalue weighted by Crippen LogP contribution is -2.61. The van der Waals surface area contributed by atoms with Crippen molar-refractivity contribution in [3.05, 3.63) is 12.3 Å². The van der Waals surface area contributed by atoms with Crippen LogP contribution in [0, 0.1) is 11.3 Å². The monoisotopic (exact) mass is 423 g/mol. The Morgan fingerprint density at radius 3 is 1.64 bits per heavy atom. The Morgan fingerprint density at radius 2 is 1.36 bits per heavy atom. The van der Waals surface area contributed by atoms with Crippen molar-refractivity contribution >= 4 is 17.5 Å². The summed E-state index contributed by atoms with van der Waals surface area (Å²) in [6, 6.07) is 0. The Kier molecular flexibility index (Phi) is 4.80. The van der Waals surface area contributed by atoms with Crippen LogP contribution < -0.4 is 5.32 Å². The van der Waals surface area contributed by atoms with Gasteiger partial charge in [-0.1, -0.05) is 6.08 Å². The fourth-order valence-electron chi connectivity index (χ4n) is 2.65. The van der Waals surface area contributed by atoms with Crippen LogP contribution in [-0.2, 0) is 0 Å². The third-order valence-corrected chi connectivity index (χ3v) is 3.89. The highest BCUT2D eigenvalue weighted by Gasteiger charge is 2.66. The normalized spacial score (nSPS) is 23.5. The smallest absolute Gasteiger partial charge is 0.331 e. The summed E-state index contributed by atoms with van der Waals surface area (Å²) in [6.07, 6.45) is -15.4. The number of aliphatic imine (C=N–C) groups is 2. The largest absolute Gasteiger partial charge is 0.449 e. The molecule has 28 heavy (non-hydrogen) atoms. The first kappa shape index (κ1) is 22.0. The Balaban J connectivity index is 2.75. The molecule has 0 saturated heterocycles. The second kappa shape index (κ2) is 6.11. The second-order valence-corrected chi connectivity index (χ2v) is 7.01. The van der Waals surface area contributed by atoms with Gasteiger partial charge in [-0.2, -0.15) is 39.5 Å². The lowest BCUT2D eigenvalue weighted by Gasteiger charge is -2.39. The number of nitrogens with zero attached hydrogens (tertiary/aromatic N) is 3. The molecule has 1 unspecified atom stereocenters. The van der Waals surface area contributed by atoms with Crippen LogP contribution in [0.4, 0.5) is 39.5 Å². The van der Waals surface area contributed by atoms with E-state index in [4.69, 9.17) is 5.41 Å². The molecule has 0 radical (unpaired) electrons. The standard InChI is InChI=1S/C14H14F9N5/c1-10(2,3)28-5-4-6(7(28)24)11(14(21,22)23)26-8(12(15,16)17)25-9(27-11)13(18,19)20/h4-6,24H,1-3H3,(H,25,26,27). The maximum atomic E-state index is 13.8. The first-order valence-electron chi connectivity index (χ1n) is 7.54. The Bertz CT molecular complexity index is 719. The lowest BCUT2D eigenvalue weighted by molar-refractivity contribution is -0.190. The third kappa shape index (κ3) is 3.68. The van der Waals surface area contributed by atoms with E-state index in [9.17, 15) is 39.5 Å². The Hall–Kier alpha value is -2.28.